The number of hydrogen-bond donors (Lipinski definition) is 0. The molecule has 0 aromatic rings. The summed E-state index contributed by atoms with van der Waals surface area (Å²) in [5, 5.41) is 0. The Morgan fingerprint density at radius 3 is 2.43 bits per heavy atom. The van der Waals surface area contributed by atoms with Crippen LogP contribution in [0.1, 0.15) is 13.8 Å². The van der Waals surface area contributed by atoms with Crippen LogP contribution >= 0.6 is 9.39 Å². The summed E-state index contributed by atoms with van der Waals surface area (Å²) in [5.41, 5.74) is 0. The van der Waals surface area contributed by atoms with E-state index in [0.29, 0.717) is 0 Å². The maximum atomic E-state index is 2.60. The molecule has 0 N–H and O–H groups in total. The monoisotopic (exact) mass is 117 g/mol. The molecular formula is C5H12NP. The van der Waals surface area contributed by atoms with Crippen molar-refractivity contribution in [1.29, 1.82) is 0 Å². The second-order valence-electron chi connectivity index (χ2n) is 1.31. The highest BCUT2D eigenvalue weighted by Gasteiger charge is 1.76. The SMILES string of the molecule is CC=CN(P)CC. The van der Waals surface area contributed by atoms with Gasteiger partial charge in [0.25, 0.3) is 0 Å². The van der Waals surface area contributed by atoms with Crippen molar-refractivity contribution in [3.05, 3.63) is 12.3 Å². The molecule has 0 aliphatic rings. The molecule has 7 heavy (non-hydrogen) atoms. The lowest BCUT2D eigenvalue weighted by Crippen LogP contribution is -1.98. The van der Waals surface area contributed by atoms with Gasteiger partial charge < -0.3 is 4.67 Å². The predicted octanol–water partition coefficient (Wildman–Crippen LogP) is 1.63. The molecule has 0 spiro atoms. The summed E-state index contributed by atoms with van der Waals surface area (Å²) >= 11 is 0. The molecule has 42 valence electrons. The summed E-state index contributed by atoms with van der Waals surface area (Å²) < 4.78 is 2.04. The third-order valence-electron chi connectivity index (χ3n) is 0.706. The Balaban J connectivity index is 3.16. The van der Waals surface area contributed by atoms with Crippen LogP contribution in [0.15, 0.2) is 12.3 Å². The Bertz CT molecular complexity index is 61.1. The summed E-state index contributed by atoms with van der Waals surface area (Å²) in [6, 6.07) is 0. The lowest BCUT2D eigenvalue weighted by Gasteiger charge is -2.06. The van der Waals surface area contributed by atoms with Gasteiger partial charge in [-0.15, -0.1) is 0 Å². The Hall–Kier alpha value is -0.0300. The molecule has 0 fully saturated rings. The van der Waals surface area contributed by atoms with Crippen molar-refractivity contribution in [1.82, 2.24) is 4.67 Å². The van der Waals surface area contributed by atoms with Crippen LogP contribution in [0.3, 0.4) is 0 Å². The molecule has 0 heterocycles. The first kappa shape index (κ1) is 6.97. The second kappa shape index (κ2) is 4.14. The van der Waals surface area contributed by atoms with Crippen LogP contribution in [0.25, 0.3) is 0 Å². The van der Waals surface area contributed by atoms with Gasteiger partial charge >= 0.3 is 0 Å². The number of hydrogen-bond acceptors (Lipinski definition) is 1. The van der Waals surface area contributed by atoms with Crippen molar-refractivity contribution < 1.29 is 0 Å². The Morgan fingerprint density at radius 2 is 2.29 bits per heavy atom. The molecule has 1 nitrogen and oxygen atoms in total. The number of allylic oxidation sites excluding steroid dienone is 1. The van der Waals surface area contributed by atoms with Gasteiger partial charge in [-0.3, -0.25) is 0 Å². The first-order valence-corrected chi connectivity index (χ1v) is 2.97. The van der Waals surface area contributed by atoms with Gasteiger partial charge in [0.1, 0.15) is 0 Å². The molecule has 0 aliphatic carbocycles. The minimum atomic E-state index is 1.05. The molecule has 0 saturated heterocycles. The normalized spacial score (nSPS) is 10.1. The van der Waals surface area contributed by atoms with E-state index in [9.17, 15) is 0 Å². The van der Waals surface area contributed by atoms with E-state index in [1.165, 1.54) is 0 Å². The minimum absolute atomic E-state index is 1.05. The van der Waals surface area contributed by atoms with Crippen LogP contribution < -0.4 is 0 Å². The van der Waals surface area contributed by atoms with E-state index in [1.54, 1.807) is 0 Å². The fourth-order valence-electron chi connectivity index (χ4n) is 0.297. The average Bonchev–Trinajstić information content (AvgIpc) is 1.68. The lowest BCUT2D eigenvalue weighted by atomic mass is 10.6. The fourth-order valence-corrected chi connectivity index (χ4v) is 0.469. The van der Waals surface area contributed by atoms with E-state index in [4.69, 9.17) is 0 Å². The fraction of sp³-hybridized carbons (Fsp3) is 0.600. The van der Waals surface area contributed by atoms with Crippen molar-refractivity contribution in [2.24, 2.45) is 0 Å². The molecular weight excluding hydrogens is 105 g/mol. The van der Waals surface area contributed by atoms with Crippen LogP contribution in [-0.4, -0.2) is 11.2 Å². The number of rotatable bonds is 2. The van der Waals surface area contributed by atoms with Gasteiger partial charge in [0, 0.05) is 6.54 Å². The highest BCUT2D eigenvalue weighted by Crippen LogP contribution is 1.95. The van der Waals surface area contributed by atoms with Gasteiger partial charge in [-0.1, -0.05) is 6.08 Å². The zero-order valence-electron chi connectivity index (χ0n) is 4.89. The summed E-state index contributed by atoms with van der Waals surface area (Å²) in [5.74, 6) is 0. The van der Waals surface area contributed by atoms with Gasteiger partial charge in [0.05, 0.1) is 0 Å². The Kier molecular flexibility index (Phi) is 4.12. The molecule has 0 aliphatic heterocycles. The van der Waals surface area contributed by atoms with Crippen LogP contribution in [-0.2, 0) is 0 Å². The average molecular weight is 117 g/mol. The van der Waals surface area contributed by atoms with Crippen LogP contribution in [0.5, 0.6) is 0 Å². The van der Waals surface area contributed by atoms with E-state index in [0.717, 1.165) is 6.54 Å². The highest BCUT2D eigenvalue weighted by molar-refractivity contribution is 7.13. The highest BCUT2D eigenvalue weighted by atomic mass is 31.0. The lowest BCUT2D eigenvalue weighted by molar-refractivity contribution is 0.658. The van der Waals surface area contributed by atoms with E-state index in [-0.39, 0.29) is 0 Å². The molecule has 2 heteroatoms. The van der Waals surface area contributed by atoms with Crippen LogP contribution in [0, 0.1) is 0 Å². The maximum Gasteiger partial charge on any atom is 0.0177 e. The zero-order chi connectivity index (χ0) is 5.70. The van der Waals surface area contributed by atoms with Crippen molar-refractivity contribution in [2.75, 3.05) is 6.54 Å². The van der Waals surface area contributed by atoms with Crippen molar-refractivity contribution in [3.8, 4) is 0 Å². The van der Waals surface area contributed by atoms with Gasteiger partial charge in [-0.25, -0.2) is 0 Å². The largest absolute Gasteiger partial charge is 0.363 e. The molecule has 1 unspecified atom stereocenters. The molecule has 0 rings (SSSR count). The second-order valence-corrected chi connectivity index (χ2v) is 1.98. The summed E-state index contributed by atoms with van der Waals surface area (Å²) in [6.07, 6.45) is 4.03. The van der Waals surface area contributed by atoms with E-state index < -0.39 is 0 Å². The van der Waals surface area contributed by atoms with Gasteiger partial charge in [0.2, 0.25) is 0 Å². The first-order chi connectivity index (χ1) is 3.31. The van der Waals surface area contributed by atoms with Crippen molar-refractivity contribution in [2.45, 2.75) is 13.8 Å². The predicted molar refractivity (Wildman–Crippen MR) is 36.9 cm³/mol. The molecule has 1 atom stereocenters. The maximum absolute atomic E-state index is 2.60. The van der Waals surface area contributed by atoms with E-state index in [2.05, 4.69) is 16.3 Å². The molecule has 0 saturated carbocycles. The van der Waals surface area contributed by atoms with E-state index in [1.807, 2.05) is 23.9 Å². The van der Waals surface area contributed by atoms with Crippen LogP contribution in [0.2, 0.25) is 0 Å². The third kappa shape index (κ3) is 3.81. The summed E-state index contributed by atoms with van der Waals surface area (Å²) in [7, 11) is 2.60. The number of nitrogens with zero attached hydrogens (tertiary/aromatic N) is 1. The topological polar surface area (TPSA) is 3.24 Å². The minimum Gasteiger partial charge on any atom is -0.363 e. The third-order valence-corrected chi connectivity index (χ3v) is 1.24. The van der Waals surface area contributed by atoms with Crippen molar-refractivity contribution >= 4 is 9.39 Å². The molecule has 0 bridgehead atoms. The summed E-state index contributed by atoms with van der Waals surface area (Å²) in [4.78, 5) is 0. The standard InChI is InChI=1S/C5H12NP/c1-3-5-6(7)4-2/h3,5H,4,7H2,1-2H3. The quantitative estimate of drug-likeness (QED) is 0.497. The zero-order valence-corrected chi connectivity index (χ0v) is 6.04. The molecule has 0 aromatic heterocycles. The van der Waals surface area contributed by atoms with Crippen LogP contribution in [0.4, 0.5) is 0 Å². The van der Waals surface area contributed by atoms with Gasteiger partial charge in [-0.2, -0.15) is 0 Å². The summed E-state index contributed by atoms with van der Waals surface area (Å²) in [6.45, 7) is 5.16. The Labute approximate surface area is 47.7 Å². The smallest absolute Gasteiger partial charge is 0.0177 e. The van der Waals surface area contributed by atoms with E-state index >= 15 is 0 Å². The van der Waals surface area contributed by atoms with Crippen molar-refractivity contribution in [3.63, 3.8) is 0 Å². The molecule has 0 amide bonds. The van der Waals surface area contributed by atoms with Gasteiger partial charge in [-0.05, 0) is 29.4 Å². The first-order valence-electron chi connectivity index (χ1n) is 2.45. The Morgan fingerprint density at radius 1 is 1.71 bits per heavy atom. The van der Waals surface area contributed by atoms with Gasteiger partial charge in [0.15, 0.2) is 0 Å². The molecule has 0 aromatic carbocycles. The molecule has 0 radical (unpaired) electrons.